The van der Waals surface area contributed by atoms with Gasteiger partial charge in [-0.05, 0) is 35.6 Å². The molecule has 2 rings (SSSR count). The largest absolute Gasteiger partial charge is 0.388 e. The molecule has 0 saturated heterocycles. The Hall–Kier alpha value is -1.74. The van der Waals surface area contributed by atoms with Crippen molar-refractivity contribution in [2.24, 2.45) is 0 Å². The molecular weight excluding hydrogens is 246 g/mol. The van der Waals surface area contributed by atoms with Crippen LogP contribution in [0, 0.1) is 11.6 Å². The van der Waals surface area contributed by atoms with Crippen molar-refractivity contribution >= 4 is 0 Å². The molecule has 0 radical (unpaired) electrons. The molecule has 0 aliphatic heterocycles. The van der Waals surface area contributed by atoms with Gasteiger partial charge >= 0.3 is 0 Å². The van der Waals surface area contributed by atoms with Gasteiger partial charge < -0.3 is 5.11 Å². The van der Waals surface area contributed by atoms with E-state index in [-0.39, 0.29) is 5.92 Å². The van der Waals surface area contributed by atoms with Gasteiger partial charge in [0.1, 0.15) is 0 Å². The zero-order valence-corrected chi connectivity index (χ0v) is 10.7. The predicted octanol–water partition coefficient (Wildman–Crippen LogP) is 4.19. The number of rotatable bonds is 4. The predicted molar refractivity (Wildman–Crippen MR) is 70.8 cm³/mol. The summed E-state index contributed by atoms with van der Waals surface area (Å²) in [6, 6.07) is 13.3. The van der Waals surface area contributed by atoms with Gasteiger partial charge in [0.2, 0.25) is 0 Å². The maximum atomic E-state index is 13.1. The van der Waals surface area contributed by atoms with Crippen LogP contribution in [0.3, 0.4) is 0 Å². The van der Waals surface area contributed by atoms with E-state index in [4.69, 9.17) is 0 Å². The van der Waals surface area contributed by atoms with E-state index in [1.54, 1.807) is 0 Å². The Balaban J connectivity index is 2.08. The minimum absolute atomic E-state index is 0.143. The highest BCUT2D eigenvalue weighted by Gasteiger charge is 2.15. The molecule has 0 amide bonds. The summed E-state index contributed by atoms with van der Waals surface area (Å²) < 4.78 is 25.9. The summed E-state index contributed by atoms with van der Waals surface area (Å²) in [4.78, 5) is 0. The minimum atomic E-state index is -0.927. The molecule has 0 aliphatic rings. The summed E-state index contributed by atoms with van der Waals surface area (Å²) in [5.41, 5.74) is 1.52. The van der Waals surface area contributed by atoms with Crippen LogP contribution >= 0.6 is 0 Å². The topological polar surface area (TPSA) is 20.2 Å². The van der Waals surface area contributed by atoms with Crippen LogP contribution in [0.1, 0.15) is 36.5 Å². The Morgan fingerprint density at radius 3 is 2.26 bits per heavy atom. The maximum Gasteiger partial charge on any atom is 0.159 e. The van der Waals surface area contributed by atoms with Gasteiger partial charge in [-0.1, -0.05) is 43.3 Å². The molecule has 2 atom stereocenters. The van der Waals surface area contributed by atoms with Gasteiger partial charge in [-0.2, -0.15) is 0 Å². The van der Waals surface area contributed by atoms with Crippen LogP contribution in [0.4, 0.5) is 8.78 Å². The number of benzene rings is 2. The van der Waals surface area contributed by atoms with Gasteiger partial charge in [0, 0.05) is 0 Å². The first kappa shape index (κ1) is 13.7. The van der Waals surface area contributed by atoms with Gasteiger partial charge in [-0.3, -0.25) is 0 Å². The molecular formula is C16H16F2O. The van der Waals surface area contributed by atoms with Gasteiger partial charge in [-0.25, -0.2) is 8.78 Å². The first-order chi connectivity index (χ1) is 9.08. The maximum absolute atomic E-state index is 13.1. The quantitative estimate of drug-likeness (QED) is 0.875. The normalized spacial score (nSPS) is 14.1. The lowest BCUT2D eigenvalue weighted by molar-refractivity contribution is 0.159. The molecule has 19 heavy (non-hydrogen) atoms. The van der Waals surface area contributed by atoms with Crippen molar-refractivity contribution in [1.82, 2.24) is 0 Å². The van der Waals surface area contributed by atoms with Crippen LogP contribution in [0.25, 0.3) is 0 Å². The average molecular weight is 262 g/mol. The fourth-order valence-corrected chi connectivity index (χ4v) is 2.11. The second-order valence-electron chi connectivity index (χ2n) is 4.74. The number of hydrogen-bond acceptors (Lipinski definition) is 1. The molecule has 0 aliphatic carbocycles. The van der Waals surface area contributed by atoms with Gasteiger partial charge in [0.05, 0.1) is 6.10 Å². The first-order valence-corrected chi connectivity index (χ1v) is 6.26. The molecule has 100 valence electrons. The standard InChI is InChI=1S/C16H16F2O/c1-11(12-5-3-2-4-6-12)9-16(19)13-7-8-14(17)15(18)10-13/h2-8,10-11,16,19H,9H2,1H3. The van der Waals surface area contributed by atoms with E-state index in [9.17, 15) is 13.9 Å². The van der Waals surface area contributed by atoms with Crippen molar-refractivity contribution in [1.29, 1.82) is 0 Å². The van der Waals surface area contributed by atoms with E-state index in [1.807, 2.05) is 37.3 Å². The molecule has 1 nitrogen and oxygen atoms in total. The van der Waals surface area contributed by atoms with E-state index in [0.717, 1.165) is 17.7 Å². The first-order valence-electron chi connectivity index (χ1n) is 6.26. The molecule has 0 saturated carbocycles. The van der Waals surface area contributed by atoms with Crippen molar-refractivity contribution in [2.75, 3.05) is 0 Å². The lowest BCUT2D eigenvalue weighted by Crippen LogP contribution is -2.04. The summed E-state index contributed by atoms with van der Waals surface area (Å²) >= 11 is 0. The van der Waals surface area contributed by atoms with E-state index in [0.29, 0.717) is 12.0 Å². The summed E-state index contributed by atoms with van der Waals surface area (Å²) in [6.45, 7) is 2.00. The molecule has 0 heterocycles. The zero-order valence-electron chi connectivity index (χ0n) is 10.7. The van der Waals surface area contributed by atoms with Crippen LogP contribution in [0.5, 0.6) is 0 Å². The molecule has 0 bridgehead atoms. The van der Waals surface area contributed by atoms with Crippen molar-refractivity contribution in [3.8, 4) is 0 Å². The summed E-state index contributed by atoms with van der Waals surface area (Å²) in [6.07, 6.45) is -0.333. The SMILES string of the molecule is CC(CC(O)c1ccc(F)c(F)c1)c1ccccc1. The Labute approximate surface area is 111 Å². The highest BCUT2D eigenvalue weighted by atomic mass is 19.2. The molecule has 3 heteroatoms. The van der Waals surface area contributed by atoms with Crippen molar-refractivity contribution in [3.63, 3.8) is 0 Å². The number of halogens is 2. The third-order valence-corrected chi connectivity index (χ3v) is 3.27. The smallest absolute Gasteiger partial charge is 0.159 e. The Morgan fingerprint density at radius 2 is 1.63 bits per heavy atom. The lowest BCUT2D eigenvalue weighted by Gasteiger charge is -2.17. The van der Waals surface area contributed by atoms with Crippen molar-refractivity contribution in [2.45, 2.75) is 25.4 Å². The van der Waals surface area contributed by atoms with E-state index >= 15 is 0 Å². The van der Waals surface area contributed by atoms with Crippen LogP contribution in [0.15, 0.2) is 48.5 Å². The minimum Gasteiger partial charge on any atom is -0.388 e. The van der Waals surface area contributed by atoms with E-state index in [2.05, 4.69) is 0 Å². The summed E-state index contributed by atoms with van der Waals surface area (Å²) in [7, 11) is 0. The van der Waals surface area contributed by atoms with Crippen molar-refractivity contribution in [3.05, 3.63) is 71.3 Å². The molecule has 2 aromatic carbocycles. The van der Waals surface area contributed by atoms with Crippen LogP contribution in [0.2, 0.25) is 0 Å². The van der Waals surface area contributed by atoms with E-state index < -0.39 is 17.7 Å². The van der Waals surface area contributed by atoms with Gasteiger partial charge in [0.25, 0.3) is 0 Å². The fraction of sp³-hybridized carbons (Fsp3) is 0.250. The Morgan fingerprint density at radius 1 is 0.947 bits per heavy atom. The van der Waals surface area contributed by atoms with Crippen LogP contribution < -0.4 is 0 Å². The second kappa shape index (κ2) is 5.93. The summed E-state index contributed by atoms with van der Waals surface area (Å²) in [5, 5.41) is 10.1. The Kier molecular flexibility index (Phi) is 4.27. The van der Waals surface area contributed by atoms with Gasteiger partial charge in [0.15, 0.2) is 11.6 Å². The molecule has 1 N–H and O–H groups in total. The average Bonchev–Trinajstić information content (AvgIpc) is 2.42. The number of aliphatic hydroxyl groups excluding tert-OH is 1. The Bertz CT molecular complexity index is 540. The van der Waals surface area contributed by atoms with Crippen LogP contribution in [-0.4, -0.2) is 5.11 Å². The molecule has 0 aromatic heterocycles. The third-order valence-electron chi connectivity index (χ3n) is 3.27. The molecule has 2 unspecified atom stereocenters. The lowest BCUT2D eigenvalue weighted by atomic mass is 9.92. The summed E-state index contributed by atoms with van der Waals surface area (Å²) in [5.74, 6) is -1.68. The fourth-order valence-electron chi connectivity index (χ4n) is 2.11. The zero-order chi connectivity index (χ0) is 13.8. The molecule has 2 aromatic rings. The molecule has 0 spiro atoms. The third kappa shape index (κ3) is 3.38. The highest BCUT2D eigenvalue weighted by molar-refractivity contribution is 5.23. The van der Waals surface area contributed by atoms with Gasteiger partial charge in [-0.15, -0.1) is 0 Å². The van der Waals surface area contributed by atoms with Crippen LogP contribution in [-0.2, 0) is 0 Å². The molecule has 0 fully saturated rings. The second-order valence-corrected chi connectivity index (χ2v) is 4.74. The van der Waals surface area contributed by atoms with E-state index in [1.165, 1.54) is 6.07 Å². The monoisotopic (exact) mass is 262 g/mol. The number of aliphatic hydroxyl groups is 1. The number of hydrogen-bond donors (Lipinski definition) is 1. The van der Waals surface area contributed by atoms with Crippen molar-refractivity contribution < 1.29 is 13.9 Å². The highest BCUT2D eigenvalue weighted by Crippen LogP contribution is 2.28.